The molecule has 0 aliphatic rings. The van der Waals surface area contributed by atoms with Crippen LogP contribution in [0.25, 0.3) is 11.2 Å². The molecule has 2 aromatic heterocycles. The molecule has 0 saturated carbocycles. The molecule has 4 aromatic rings. The minimum atomic E-state index is 0.140. The highest BCUT2D eigenvalue weighted by Crippen LogP contribution is 2.20. The Bertz CT molecular complexity index is 1090. The number of H-pyrrole nitrogens is 1. The molecule has 6 heteroatoms. The summed E-state index contributed by atoms with van der Waals surface area (Å²) in [6.07, 6.45) is 1.84. The molecule has 134 valence electrons. The summed E-state index contributed by atoms with van der Waals surface area (Å²) in [6.45, 7) is 0. The molecule has 4 rings (SSSR count). The first-order valence-electron chi connectivity index (χ1n) is 8.81. The van der Waals surface area contributed by atoms with Gasteiger partial charge in [-0.1, -0.05) is 48.5 Å². The largest absolute Gasteiger partial charge is 0.384 e. The van der Waals surface area contributed by atoms with Crippen LogP contribution in [0.1, 0.15) is 33.5 Å². The van der Waals surface area contributed by atoms with Gasteiger partial charge in [-0.3, -0.25) is 4.79 Å². The molecule has 0 fully saturated rings. The lowest BCUT2D eigenvalue weighted by molar-refractivity contribution is 0.0982. The van der Waals surface area contributed by atoms with Crippen molar-refractivity contribution in [2.75, 3.05) is 5.73 Å². The number of benzene rings is 2. The van der Waals surface area contributed by atoms with Crippen LogP contribution in [0, 0.1) is 0 Å². The summed E-state index contributed by atoms with van der Waals surface area (Å²) in [4.78, 5) is 16.7. The molecule has 0 saturated heterocycles. The first-order chi connectivity index (χ1) is 13.2. The van der Waals surface area contributed by atoms with E-state index in [1.807, 2.05) is 54.6 Å². The molecule has 0 amide bonds. The Kier molecular flexibility index (Phi) is 4.61. The minimum absolute atomic E-state index is 0.140. The molecule has 0 unspecified atom stereocenters. The second-order valence-electron chi connectivity index (χ2n) is 6.49. The normalized spacial score (nSPS) is 11.0. The summed E-state index contributed by atoms with van der Waals surface area (Å²) in [7, 11) is 0. The number of nitrogens with one attached hydrogen (secondary N) is 1. The smallest absolute Gasteiger partial charge is 0.203 e. The van der Waals surface area contributed by atoms with Crippen molar-refractivity contribution in [2.24, 2.45) is 0 Å². The summed E-state index contributed by atoms with van der Waals surface area (Å²) in [5, 5.41) is 10.7. The zero-order chi connectivity index (χ0) is 18.6. The molecule has 0 radical (unpaired) electrons. The van der Waals surface area contributed by atoms with E-state index >= 15 is 0 Å². The van der Waals surface area contributed by atoms with Crippen LogP contribution in [-0.2, 0) is 12.8 Å². The number of fused-ring (bicyclic) bond motifs is 1. The quantitative estimate of drug-likeness (QED) is 0.516. The number of nitrogen functional groups attached to an aromatic ring is 1. The summed E-state index contributed by atoms with van der Waals surface area (Å²) in [6, 6.07) is 19.6. The molecule has 0 aliphatic carbocycles. The summed E-state index contributed by atoms with van der Waals surface area (Å²) in [5.41, 5.74) is 10.9. The molecular formula is C21H19N5O. The van der Waals surface area contributed by atoms with Crippen LogP contribution in [0.2, 0.25) is 0 Å². The van der Waals surface area contributed by atoms with Gasteiger partial charge in [0, 0.05) is 12.0 Å². The van der Waals surface area contributed by atoms with E-state index in [4.69, 9.17) is 5.73 Å². The number of nitrogens with two attached hydrogens (primary N) is 1. The molecule has 3 N–H and O–H groups in total. The van der Waals surface area contributed by atoms with Crippen molar-refractivity contribution >= 4 is 22.8 Å². The maximum atomic E-state index is 12.6. The lowest BCUT2D eigenvalue weighted by Crippen LogP contribution is -2.03. The maximum Gasteiger partial charge on any atom is 0.203 e. The number of carbonyl (C=O) groups excluding carboxylic acids is 1. The number of aromatic nitrogens is 4. The number of carbonyl (C=O) groups is 1. The zero-order valence-corrected chi connectivity index (χ0v) is 14.7. The number of hydrogen-bond donors (Lipinski definition) is 2. The minimum Gasteiger partial charge on any atom is -0.384 e. The number of aryl methyl sites for hydroxylation is 1. The average Bonchev–Trinajstić information content (AvgIpc) is 3.16. The van der Waals surface area contributed by atoms with E-state index in [0.29, 0.717) is 29.8 Å². The zero-order valence-electron chi connectivity index (χ0n) is 14.7. The first-order valence-corrected chi connectivity index (χ1v) is 8.81. The number of hydrogen-bond acceptors (Lipinski definition) is 5. The van der Waals surface area contributed by atoms with Gasteiger partial charge in [0.2, 0.25) is 5.65 Å². The van der Waals surface area contributed by atoms with Gasteiger partial charge >= 0.3 is 0 Å². The van der Waals surface area contributed by atoms with E-state index in [9.17, 15) is 4.79 Å². The topological polar surface area (TPSA) is 97.6 Å². The maximum absolute atomic E-state index is 12.6. The Balaban J connectivity index is 1.52. The van der Waals surface area contributed by atoms with Crippen LogP contribution in [0.3, 0.4) is 0 Å². The molecule has 0 aliphatic heterocycles. The summed E-state index contributed by atoms with van der Waals surface area (Å²) < 4.78 is 0. The fourth-order valence-corrected chi connectivity index (χ4v) is 3.18. The summed E-state index contributed by atoms with van der Waals surface area (Å²) >= 11 is 0. The second-order valence-corrected chi connectivity index (χ2v) is 6.49. The third-order valence-electron chi connectivity index (χ3n) is 4.52. The first kappa shape index (κ1) is 16.9. The van der Waals surface area contributed by atoms with Crippen LogP contribution in [-0.4, -0.2) is 26.2 Å². The van der Waals surface area contributed by atoms with Gasteiger partial charge in [-0.05, 0) is 41.7 Å². The van der Waals surface area contributed by atoms with Crippen LogP contribution in [0.4, 0.5) is 5.82 Å². The highest BCUT2D eigenvalue weighted by Gasteiger charge is 2.11. The fraction of sp³-hybridized carbons (Fsp3) is 0.143. The average molecular weight is 357 g/mol. The van der Waals surface area contributed by atoms with Gasteiger partial charge in [-0.2, -0.15) is 10.3 Å². The molecule has 6 nitrogen and oxygen atoms in total. The predicted octanol–water partition coefficient (Wildman–Crippen LogP) is 3.34. The van der Waals surface area contributed by atoms with Crippen molar-refractivity contribution < 1.29 is 4.79 Å². The lowest BCUT2D eigenvalue weighted by Gasteiger charge is -2.07. The number of Topliss-reactive ketones (excluding diaryl/α,β-unsaturated/α-hetero) is 1. The van der Waals surface area contributed by atoms with Crippen molar-refractivity contribution in [3.63, 3.8) is 0 Å². The third-order valence-corrected chi connectivity index (χ3v) is 4.52. The third kappa shape index (κ3) is 3.84. The van der Waals surface area contributed by atoms with Crippen LogP contribution in [0.15, 0.2) is 60.7 Å². The molecule has 0 bridgehead atoms. The van der Waals surface area contributed by atoms with E-state index in [1.165, 1.54) is 5.56 Å². The van der Waals surface area contributed by atoms with Crippen LogP contribution in [0.5, 0.6) is 0 Å². The molecule has 27 heavy (non-hydrogen) atoms. The Morgan fingerprint density at radius 1 is 0.963 bits per heavy atom. The van der Waals surface area contributed by atoms with Crippen LogP contribution >= 0.6 is 0 Å². The van der Waals surface area contributed by atoms with Gasteiger partial charge < -0.3 is 5.73 Å². The Hall–Kier alpha value is -3.54. The molecule has 2 aromatic carbocycles. The SMILES string of the molecule is Nc1cc(Cc2cccc(C(=O)CCc3ccccc3)c2)c2n[nH]nc2n1. The second kappa shape index (κ2) is 7.37. The van der Waals surface area contributed by atoms with Gasteiger partial charge in [0.1, 0.15) is 11.3 Å². The standard InChI is InChI=1S/C21H19N5O/c22-19-13-17(20-21(23-19)25-26-24-20)12-15-7-4-8-16(11-15)18(27)10-9-14-5-2-1-3-6-14/h1-8,11,13H,9-10,12H2,(H3,22,23,24,25,26). The van der Waals surface area contributed by atoms with E-state index < -0.39 is 0 Å². The molecular weight excluding hydrogens is 338 g/mol. The van der Waals surface area contributed by atoms with Gasteiger partial charge in [-0.15, -0.1) is 5.10 Å². The van der Waals surface area contributed by atoms with E-state index in [0.717, 1.165) is 23.1 Å². The van der Waals surface area contributed by atoms with E-state index in [1.54, 1.807) is 6.07 Å². The Labute approximate surface area is 156 Å². The van der Waals surface area contributed by atoms with Crippen molar-refractivity contribution in [3.8, 4) is 0 Å². The lowest BCUT2D eigenvalue weighted by atomic mass is 9.98. The number of pyridine rings is 1. The molecule has 0 spiro atoms. The molecule has 2 heterocycles. The van der Waals surface area contributed by atoms with Gasteiger partial charge in [-0.25, -0.2) is 4.98 Å². The van der Waals surface area contributed by atoms with Gasteiger partial charge in [0.05, 0.1) is 0 Å². The Morgan fingerprint density at radius 3 is 2.63 bits per heavy atom. The number of anilines is 1. The highest BCUT2D eigenvalue weighted by atomic mass is 16.1. The number of ketones is 1. The van der Waals surface area contributed by atoms with Gasteiger partial charge in [0.25, 0.3) is 0 Å². The predicted molar refractivity (Wildman–Crippen MR) is 104 cm³/mol. The van der Waals surface area contributed by atoms with E-state index in [-0.39, 0.29) is 5.78 Å². The number of rotatable bonds is 6. The number of nitrogens with zero attached hydrogens (tertiary/aromatic N) is 3. The fourth-order valence-electron chi connectivity index (χ4n) is 3.18. The highest BCUT2D eigenvalue weighted by molar-refractivity contribution is 5.96. The van der Waals surface area contributed by atoms with Crippen molar-refractivity contribution in [3.05, 3.63) is 82.9 Å². The van der Waals surface area contributed by atoms with E-state index in [2.05, 4.69) is 20.4 Å². The van der Waals surface area contributed by atoms with Crippen molar-refractivity contribution in [1.82, 2.24) is 20.4 Å². The van der Waals surface area contributed by atoms with Crippen LogP contribution < -0.4 is 5.73 Å². The summed E-state index contributed by atoms with van der Waals surface area (Å²) in [5.74, 6) is 0.544. The molecule has 0 atom stereocenters. The van der Waals surface area contributed by atoms with Crippen molar-refractivity contribution in [1.29, 1.82) is 0 Å². The number of aromatic amines is 1. The van der Waals surface area contributed by atoms with Crippen molar-refractivity contribution in [2.45, 2.75) is 19.3 Å². The Morgan fingerprint density at radius 2 is 1.78 bits per heavy atom. The monoisotopic (exact) mass is 357 g/mol. The van der Waals surface area contributed by atoms with Gasteiger partial charge in [0.15, 0.2) is 5.78 Å².